The molecule has 132 valence electrons. The molecular formula is C16H33NO5. The normalized spacial score (nSPS) is 22.8. The van der Waals surface area contributed by atoms with Gasteiger partial charge in [0.15, 0.2) is 0 Å². The molecule has 0 aromatic rings. The zero-order valence-corrected chi connectivity index (χ0v) is 14.1. The first kappa shape index (κ1) is 19.8. The van der Waals surface area contributed by atoms with Crippen molar-refractivity contribution in [2.75, 3.05) is 85.7 Å². The van der Waals surface area contributed by atoms with Crippen LogP contribution in [-0.4, -0.2) is 90.6 Å². The van der Waals surface area contributed by atoms with Crippen LogP contribution in [0.15, 0.2) is 0 Å². The lowest BCUT2D eigenvalue weighted by Gasteiger charge is -2.22. The molecule has 1 rings (SSSR count). The zero-order valence-electron chi connectivity index (χ0n) is 14.1. The van der Waals surface area contributed by atoms with Crippen molar-refractivity contribution in [2.45, 2.75) is 19.8 Å². The highest BCUT2D eigenvalue weighted by Crippen LogP contribution is 1.96. The molecule has 0 bridgehead atoms. The molecule has 6 heteroatoms. The van der Waals surface area contributed by atoms with Gasteiger partial charge in [-0.15, -0.1) is 0 Å². The molecule has 1 aliphatic rings. The molecule has 0 atom stereocenters. The molecule has 22 heavy (non-hydrogen) atoms. The monoisotopic (exact) mass is 319 g/mol. The Bertz CT molecular complexity index is 213. The second-order valence-electron chi connectivity index (χ2n) is 5.26. The summed E-state index contributed by atoms with van der Waals surface area (Å²) in [6.07, 6.45) is 2.42. The number of hydrogen-bond donors (Lipinski definition) is 0. The van der Waals surface area contributed by atoms with Gasteiger partial charge in [-0.2, -0.15) is 0 Å². The van der Waals surface area contributed by atoms with E-state index in [1.54, 1.807) is 0 Å². The molecule has 0 aromatic carbocycles. The summed E-state index contributed by atoms with van der Waals surface area (Å²) in [7, 11) is 0. The maximum Gasteiger partial charge on any atom is 0.0701 e. The third-order valence-electron chi connectivity index (χ3n) is 3.42. The Balaban J connectivity index is 2.20. The highest BCUT2D eigenvalue weighted by Gasteiger charge is 2.04. The summed E-state index contributed by atoms with van der Waals surface area (Å²) < 4.78 is 27.5. The van der Waals surface area contributed by atoms with Gasteiger partial charge in [0, 0.05) is 13.1 Å². The number of rotatable bonds is 3. The van der Waals surface area contributed by atoms with Crippen LogP contribution in [0.25, 0.3) is 0 Å². The Labute approximate surface area is 135 Å². The van der Waals surface area contributed by atoms with Crippen LogP contribution >= 0.6 is 0 Å². The van der Waals surface area contributed by atoms with E-state index in [4.69, 9.17) is 23.7 Å². The minimum Gasteiger partial charge on any atom is -0.378 e. The first-order chi connectivity index (χ1) is 10.9. The summed E-state index contributed by atoms with van der Waals surface area (Å²) in [4.78, 5) is 2.40. The molecular weight excluding hydrogens is 286 g/mol. The average molecular weight is 319 g/mol. The van der Waals surface area contributed by atoms with E-state index in [-0.39, 0.29) is 0 Å². The van der Waals surface area contributed by atoms with Crippen molar-refractivity contribution in [3.05, 3.63) is 0 Å². The lowest BCUT2D eigenvalue weighted by molar-refractivity contribution is -0.0185. The number of ether oxygens (including phenoxy) is 5. The SMILES string of the molecule is CCCCN1CCOCCOCCOCCOCCOCC1. The van der Waals surface area contributed by atoms with Crippen LogP contribution in [0.1, 0.15) is 19.8 Å². The fraction of sp³-hybridized carbons (Fsp3) is 1.00. The number of hydrogen-bond acceptors (Lipinski definition) is 6. The van der Waals surface area contributed by atoms with Crippen molar-refractivity contribution in [3.8, 4) is 0 Å². The molecule has 0 unspecified atom stereocenters. The van der Waals surface area contributed by atoms with Gasteiger partial charge in [0.2, 0.25) is 0 Å². The van der Waals surface area contributed by atoms with Gasteiger partial charge in [-0.25, -0.2) is 0 Å². The Kier molecular flexibility index (Phi) is 14.1. The lowest BCUT2D eigenvalue weighted by atomic mass is 10.3. The van der Waals surface area contributed by atoms with Crippen molar-refractivity contribution < 1.29 is 23.7 Å². The van der Waals surface area contributed by atoms with Crippen LogP contribution in [0.2, 0.25) is 0 Å². The van der Waals surface area contributed by atoms with E-state index in [0.29, 0.717) is 52.9 Å². The van der Waals surface area contributed by atoms with E-state index < -0.39 is 0 Å². The maximum atomic E-state index is 5.62. The zero-order chi connectivity index (χ0) is 15.7. The van der Waals surface area contributed by atoms with Gasteiger partial charge in [-0.3, -0.25) is 4.90 Å². The molecule has 0 aliphatic carbocycles. The fourth-order valence-electron chi connectivity index (χ4n) is 2.09. The first-order valence-electron chi connectivity index (χ1n) is 8.54. The fourth-order valence-corrected chi connectivity index (χ4v) is 2.09. The quantitative estimate of drug-likeness (QED) is 0.779. The molecule has 0 saturated carbocycles. The Hall–Kier alpha value is -0.240. The predicted octanol–water partition coefficient (Wildman–Crippen LogP) is 1.19. The van der Waals surface area contributed by atoms with Crippen LogP contribution in [-0.2, 0) is 23.7 Å². The van der Waals surface area contributed by atoms with Crippen molar-refractivity contribution in [2.24, 2.45) is 0 Å². The molecule has 0 aromatic heterocycles. The van der Waals surface area contributed by atoms with E-state index in [1.807, 2.05) is 0 Å². The molecule has 0 amide bonds. The van der Waals surface area contributed by atoms with E-state index in [0.717, 1.165) is 32.8 Å². The largest absolute Gasteiger partial charge is 0.378 e. The summed E-state index contributed by atoms with van der Waals surface area (Å²) >= 11 is 0. The van der Waals surface area contributed by atoms with Crippen LogP contribution in [0.4, 0.5) is 0 Å². The smallest absolute Gasteiger partial charge is 0.0701 e. The van der Waals surface area contributed by atoms with E-state index in [2.05, 4.69) is 11.8 Å². The van der Waals surface area contributed by atoms with Crippen LogP contribution in [0.5, 0.6) is 0 Å². The van der Waals surface area contributed by atoms with Gasteiger partial charge < -0.3 is 23.7 Å². The Morgan fingerprint density at radius 1 is 0.591 bits per heavy atom. The molecule has 6 nitrogen and oxygen atoms in total. The van der Waals surface area contributed by atoms with Crippen LogP contribution < -0.4 is 0 Å². The van der Waals surface area contributed by atoms with Gasteiger partial charge in [0.1, 0.15) is 0 Å². The summed E-state index contributed by atoms with van der Waals surface area (Å²) in [5.74, 6) is 0. The predicted molar refractivity (Wildman–Crippen MR) is 85.4 cm³/mol. The highest BCUT2D eigenvalue weighted by atomic mass is 16.6. The minimum absolute atomic E-state index is 0.602. The Morgan fingerprint density at radius 2 is 0.955 bits per heavy atom. The topological polar surface area (TPSA) is 49.4 Å². The van der Waals surface area contributed by atoms with E-state index in [1.165, 1.54) is 12.8 Å². The minimum atomic E-state index is 0.602. The van der Waals surface area contributed by atoms with Gasteiger partial charge in [0.25, 0.3) is 0 Å². The van der Waals surface area contributed by atoms with Crippen molar-refractivity contribution in [3.63, 3.8) is 0 Å². The maximum absolute atomic E-state index is 5.62. The molecule has 1 aliphatic heterocycles. The molecule has 1 fully saturated rings. The Morgan fingerprint density at radius 3 is 1.32 bits per heavy atom. The number of unbranched alkanes of at least 4 members (excludes halogenated alkanes) is 1. The molecule has 1 heterocycles. The van der Waals surface area contributed by atoms with E-state index in [9.17, 15) is 0 Å². The van der Waals surface area contributed by atoms with Crippen molar-refractivity contribution in [1.82, 2.24) is 4.90 Å². The second-order valence-corrected chi connectivity index (χ2v) is 5.26. The number of nitrogens with zero attached hydrogens (tertiary/aromatic N) is 1. The summed E-state index contributed by atoms with van der Waals surface area (Å²) in [5.41, 5.74) is 0. The lowest BCUT2D eigenvalue weighted by Crippen LogP contribution is -2.32. The highest BCUT2D eigenvalue weighted by molar-refractivity contribution is 4.57. The molecule has 0 radical (unpaired) electrons. The van der Waals surface area contributed by atoms with Gasteiger partial charge in [-0.1, -0.05) is 13.3 Å². The average Bonchev–Trinajstić information content (AvgIpc) is 2.53. The molecule has 0 N–H and O–H groups in total. The van der Waals surface area contributed by atoms with Gasteiger partial charge in [0.05, 0.1) is 66.1 Å². The third-order valence-corrected chi connectivity index (χ3v) is 3.42. The van der Waals surface area contributed by atoms with Gasteiger partial charge >= 0.3 is 0 Å². The first-order valence-corrected chi connectivity index (χ1v) is 8.54. The van der Waals surface area contributed by atoms with Crippen molar-refractivity contribution >= 4 is 0 Å². The third kappa shape index (κ3) is 12.3. The summed E-state index contributed by atoms with van der Waals surface area (Å²) in [6.45, 7) is 11.6. The molecule has 0 spiro atoms. The van der Waals surface area contributed by atoms with E-state index >= 15 is 0 Å². The summed E-state index contributed by atoms with van der Waals surface area (Å²) in [5, 5.41) is 0. The standard InChI is InChI=1S/C16H33NO5/c1-2-3-4-17-5-7-18-9-11-20-13-15-22-16-14-21-12-10-19-8-6-17/h2-16H2,1H3. The van der Waals surface area contributed by atoms with Crippen LogP contribution in [0, 0.1) is 0 Å². The summed E-state index contributed by atoms with van der Waals surface area (Å²) in [6, 6.07) is 0. The van der Waals surface area contributed by atoms with Gasteiger partial charge in [-0.05, 0) is 13.0 Å². The molecule has 1 saturated heterocycles. The van der Waals surface area contributed by atoms with Crippen LogP contribution in [0.3, 0.4) is 0 Å². The second kappa shape index (κ2) is 15.6. The van der Waals surface area contributed by atoms with Crippen molar-refractivity contribution in [1.29, 1.82) is 0 Å².